The van der Waals surface area contributed by atoms with Gasteiger partial charge in [0.1, 0.15) is 0 Å². The highest BCUT2D eigenvalue weighted by Crippen LogP contribution is 2.41. The minimum absolute atomic E-state index is 0.647. The van der Waals surface area contributed by atoms with E-state index in [-0.39, 0.29) is 0 Å². The van der Waals surface area contributed by atoms with E-state index < -0.39 is 0 Å². The number of halogens is 1. The fourth-order valence-electron chi connectivity index (χ4n) is 3.12. The van der Waals surface area contributed by atoms with Crippen molar-refractivity contribution >= 4 is 17.5 Å². The van der Waals surface area contributed by atoms with Gasteiger partial charge in [-0.05, 0) is 54.5 Å². The summed E-state index contributed by atoms with van der Waals surface area (Å²) in [6.07, 6.45) is 5.87. The number of benzene rings is 1. The topological polar surface area (TPSA) is 66.5 Å². The van der Waals surface area contributed by atoms with E-state index in [9.17, 15) is 0 Å². The van der Waals surface area contributed by atoms with Crippen LogP contribution in [0.15, 0.2) is 48.8 Å². The zero-order valence-electron chi connectivity index (χ0n) is 13.1. The van der Waals surface area contributed by atoms with Crippen molar-refractivity contribution < 1.29 is 0 Å². The molecule has 0 bridgehead atoms. The fraction of sp³-hybridized carbons (Fsp3) is 0.278. The van der Waals surface area contributed by atoms with Crippen LogP contribution in [0.2, 0.25) is 5.02 Å². The maximum Gasteiger partial charge on any atom is 0.242 e. The zero-order chi connectivity index (χ0) is 16.4. The van der Waals surface area contributed by atoms with E-state index in [1.807, 2.05) is 24.3 Å². The number of nitrogens with zero attached hydrogens (tertiary/aromatic N) is 3. The van der Waals surface area contributed by atoms with Crippen molar-refractivity contribution in [1.29, 1.82) is 0 Å². The molecule has 1 aliphatic rings. The van der Waals surface area contributed by atoms with Gasteiger partial charge in [0.2, 0.25) is 5.95 Å². The molecule has 2 heterocycles. The lowest BCUT2D eigenvalue weighted by atomic mass is 9.71. The van der Waals surface area contributed by atoms with Crippen LogP contribution in [0.25, 0.3) is 11.4 Å². The maximum absolute atomic E-state index is 5.94. The summed E-state index contributed by atoms with van der Waals surface area (Å²) in [5, 5.41) is 11.3. The first kappa shape index (κ1) is 15.1. The van der Waals surface area contributed by atoms with E-state index in [0.717, 1.165) is 23.0 Å². The summed E-state index contributed by atoms with van der Waals surface area (Å²) in [7, 11) is 0. The number of hydrogen-bond acceptors (Lipinski definition) is 4. The zero-order valence-corrected chi connectivity index (χ0v) is 13.9. The first-order valence-corrected chi connectivity index (χ1v) is 8.48. The third-order valence-electron chi connectivity index (χ3n) is 4.57. The highest BCUT2D eigenvalue weighted by atomic mass is 35.5. The molecule has 4 rings (SSSR count). The second kappa shape index (κ2) is 6.61. The largest absolute Gasteiger partial charge is 0.353 e. The minimum Gasteiger partial charge on any atom is -0.353 e. The molecule has 1 saturated carbocycles. The van der Waals surface area contributed by atoms with Crippen molar-refractivity contribution in [3.8, 4) is 11.4 Å². The second-order valence-corrected chi connectivity index (χ2v) is 6.65. The maximum atomic E-state index is 5.94. The summed E-state index contributed by atoms with van der Waals surface area (Å²) in [4.78, 5) is 8.49. The molecule has 0 unspecified atom stereocenters. The van der Waals surface area contributed by atoms with Gasteiger partial charge in [-0.3, -0.25) is 10.1 Å². The SMILES string of the molecule is Clc1ccc(C2CC(CNc3n[nH]c(-c4ccncc4)n3)C2)cc1. The third-order valence-corrected chi connectivity index (χ3v) is 4.82. The van der Waals surface area contributed by atoms with Crippen LogP contribution >= 0.6 is 11.6 Å². The molecule has 0 amide bonds. The Morgan fingerprint density at radius 2 is 1.83 bits per heavy atom. The molecule has 1 aromatic carbocycles. The van der Waals surface area contributed by atoms with Crippen LogP contribution in [-0.4, -0.2) is 26.7 Å². The van der Waals surface area contributed by atoms with Crippen molar-refractivity contribution in [2.45, 2.75) is 18.8 Å². The van der Waals surface area contributed by atoms with E-state index in [1.54, 1.807) is 12.4 Å². The smallest absolute Gasteiger partial charge is 0.242 e. The normalized spacial score (nSPS) is 19.7. The molecule has 1 aliphatic carbocycles. The van der Waals surface area contributed by atoms with Crippen LogP contribution in [0.4, 0.5) is 5.95 Å². The Hall–Kier alpha value is -2.40. The van der Waals surface area contributed by atoms with Gasteiger partial charge in [0.05, 0.1) is 0 Å². The lowest BCUT2D eigenvalue weighted by Gasteiger charge is -2.35. The van der Waals surface area contributed by atoms with E-state index in [2.05, 4.69) is 37.6 Å². The molecule has 2 aromatic heterocycles. The number of aromatic nitrogens is 4. The Kier molecular flexibility index (Phi) is 4.17. The minimum atomic E-state index is 0.647. The Balaban J connectivity index is 1.28. The fourth-order valence-corrected chi connectivity index (χ4v) is 3.25. The van der Waals surface area contributed by atoms with Crippen LogP contribution in [0, 0.1) is 5.92 Å². The first-order valence-electron chi connectivity index (χ1n) is 8.10. The van der Waals surface area contributed by atoms with Gasteiger partial charge < -0.3 is 5.32 Å². The summed E-state index contributed by atoms with van der Waals surface area (Å²) >= 11 is 5.94. The second-order valence-electron chi connectivity index (χ2n) is 6.21. The average Bonchev–Trinajstić information content (AvgIpc) is 3.05. The summed E-state index contributed by atoms with van der Waals surface area (Å²) in [5.74, 6) is 2.71. The van der Waals surface area contributed by atoms with Crippen molar-refractivity contribution in [2.24, 2.45) is 5.92 Å². The van der Waals surface area contributed by atoms with Gasteiger partial charge in [-0.1, -0.05) is 23.7 Å². The third kappa shape index (κ3) is 3.26. The summed E-state index contributed by atoms with van der Waals surface area (Å²) in [5.41, 5.74) is 2.37. The van der Waals surface area contributed by atoms with Gasteiger partial charge in [-0.25, -0.2) is 0 Å². The predicted octanol–water partition coefficient (Wildman–Crippen LogP) is 4.13. The molecule has 0 radical (unpaired) electrons. The molecular formula is C18H18ClN5. The molecule has 0 saturated heterocycles. The highest BCUT2D eigenvalue weighted by molar-refractivity contribution is 6.30. The monoisotopic (exact) mass is 339 g/mol. The van der Waals surface area contributed by atoms with Crippen LogP contribution in [0.3, 0.4) is 0 Å². The molecule has 0 aliphatic heterocycles. The van der Waals surface area contributed by atoms with Gasteiger partial charge in [-0.15, -0.1) is 5.10 Å². The van der Waals surface area contributed by atoms with Gasteiger partial charge >= 0.3 is 0 Å². The Morgan fingerprint density at radius 1 is 1.08 bits per heavy atom. The van der Waals surface area contributed by atoms with Crippen molar-refractivity contribution in [2.75, 3.05) is 11.9 Å². The van der Waals surface area contributed by atoms with Gasteiger partial charge in [0.15, 0.2) is 5.82 Å². The number of H-pyrrole nitrogens is 1. The quantitative estimate of drug-likeness (QED) is 0.733. The van der Waals surface area contributed by atoms with Crippen molar-refractivity contribution in [1.82, 2.24) is 20.2 Å². The van der Waals surface area contributed by atoms with Crippen molar-refractivity contribution in [3.63, 3.8) is 0 Å². The Morgan fingerprint density at radius 3 is 2.58 bits per heavy atom. The lowest BCUT2D eigenvalue weighted by Crippen LogP contribution is -2.28. The van der Waals surface area contributed by atoms with E-state index >= 15 is 0 Å². The Labute approximate surface area is 145 Å². The van der Waals surface area contributed by atoms with E-state index in [1.165, 1.54) is 18.4 Å². The van der Waals surface area contributed by atoms with Gasteiger partial charge in [-0.2, -0.15) is 4.98 Å². The number of nitrogens with one attached hydrogen (secondary N) is 2. The van der Waals surface area contributed by atoms with Crippen LogP contribution in [0.5, 0.6) is 0 Å². The van der Waals surface area contributed by atoms with Crippen molar-refractivity contribution in [3.05, 3.63) is 59.4 Å². The number of rotatable bonds is 5. The predicted molar refractivity (Wildman–Crippen MR) is 95.0 cm³/mol. The van der Waals surface area contributed by atoms with Crippen LogP contribution in [-0.2, 0) is 0 Å². The number of pyridine rings is 1. The standard InChI is InChI=1S/C18H18ClN5/c19-16-3-1-13(2-4-16)15-9-12(10-15)11-21-18-22-17(23-24-18)14-5-7-20-8-6-14/h1-8,12,15H,9-11H2,(H2,21,22,23,24). The highest BCUT2D eigenvalue weighted by Gasteiger charge is 2.30. The average molecular weight is 340 g/mol. The van der Waals surface area contributed by atoms with E-state index in [4.69, 9.17) is 11.6 Å². The molecule has 2 N–H and O–H groups in total. The Bertz CT molecular complexity index is 794. The molecule has 3 aromatic rings. The summed E-state index contributed by atoms with van der Waals surface area (Å²) in [6, 6.07) is 12.0. The number of aromatic amines is 1. The summed E-state index contributed by atoms with van der Waals surface area (Å²) < 4.78 is 0. The number of hydrogen-bond donors (Lipinski definition) is 2. The van der Waals surface area contributed by atoms with E-state index in [0.29, 0.717) is 17.8 Å². The molecule has 0 atom stereocenters. The summed E-state index contributed by atoms with van der Waals surface area (Å²) in [6.45, 7) is 0.901. The van der Waals surface area contributed by atoms with Crippen LogP contribution < -0.4 is 5.32 Å². The number of anilines is 1. The lowest BCUT2D eigenvalue weighted by molar-refractivity contribution is 0.278. The molecule has 1 fully saturated rings. The molecule has 0 spiro atoms. The molecule has 5 nitrogen and oxygen atoms in total. The molecule has 122 valence electrons. The first-order chi connectivity index (χ1) is 11.8. The molecule has 6 heteroatoms. The van der Waals surface area contributed by atoms with Gasteiger partial charge in [0.25, 0.3) is 0 Å². The molecular weight excluding hydrogens is 322 g/mol. The molecule has 24 heavy (non-hydrogen) atoms. The van der Waals surface area contributed by atoms with Crippen LogP contribution in [0.1, 0.15) is 24.3 Å². The van der Waals surface area contributed by atoms with Gasteiger partial charge in [0, 0.05) is 29.5 Å².